The van der Waals surface area contributed by atoms with Crippen LogP contribution in [0.3, 0.4) is 0 Å². The molecule has 22 heavy (non-hydrogen) atoms. The lowest BCUT2D eigenvalue weighted by Gasteiger charge is -2.26. The van der Waals surface area contributed by atoms with E-state index in [1.54, 1.807) is 13.1 Å². The normalized spacial score (nSPS) is 21.3. The number of hydrogen-bond acceptors (Lipinski definition) is 3. The van der Waals surface area contributed by atoms with Gasteiger partial charge in [-0.05, 0) is 11.5 Å². The zero-order valence-electron chi connectivity index (χ0n) is 12.6. The van der Waals surface area contributed by atoms with E-state index in [1.807, 2.05) is 37.2 Å². The molecule has 0 saturated carbocycles. The highest BCUT2D eigenvalue weighted by Gasteiger charge is 2.60. The van der Waals surface area contributed by atoms with Crippen LogP contribution in [0.4, 0.5) is 24.5 Å². The van der Waals surface area contributed by atoms with Crippen LogP contribution < -0.4 is 9.80 Å². The fraction of sp³-hybridized carbons (Fsp3) is 0.375. The van der Waals surface area contributed by atoms with Crippen molar-refractivity contribution in [3.63, 3.8) is 0 Å². The van der Waals surface area contributed by atoms with E-state index in [0.29, 0.717) is 5.69 Å². The predicted molar refractivity (Wildman–Crippen MR) is 81.5 cm³/mol. The summed E-state index contributed by atoms with van der Waals surface area (Å²) in [5.74, 6) is 0. The van der Waals surface area contributed by atoms with Gasteiger partial charge in [-0.3, -0.25) is 0 Å². The van der Waals surface area contributed by atoms with Crippen LogP contribution in [-0.4, -0.2) is 39.0 Å². The predicted octanol–water partition coefficient (Wildman–Crippen LogP) is 3.11. The standard InChI is InChI=1S/C16H17F3N2O/c1-20(2)12-6-4-5-10-7-8-11-14(13(10)12)21(3)9-15(11,22)16(17,18)19/h4-8,22H,9H2,1-3H3/t15-/m0/s1. The number of rotatable bonds is 1. The van der Waals surface area contributed by atoms with Crippen LogP contribution in [0.15, 0.2) is 30.3 Å². The molecule has 0 aromatic heterocycles. The van der Waals surface area contributed by atoms with Gasteiger partial charge in [0.1, 0.15) is 0 Å². The molecule has 1 heterocycles. The lowest BCUT2D eigenvalue weighted by molar-refractivity contribution is -0.259. The van der Waals surface area contributed by atoms with Gasteiger partial charge in [0, 0.05) is 37.8 Å². The lowest BCUT2D eigenvalue weighted by Crippen LogP contribution is -2.45. The van der Waals surface area contributed by atoms with E-state index < -0.39 is 18.3 Å². The SMILES string of the molecule is CN(C)c1cccc2ccc3c(c12)N(C)C[C@@]3(O)C(F)(F)F. The van der Waals surface area contributed by atoms with Gasteiger partial charge in [0.05, 0.1) is 12.2 Å². The van der Waals surface area contributed by atoms with E-state index in [4.69, 9.17) is 0 Å². The van der Waals surface area contributed by atoms with Crippen molar-refractivity contribution in [2.45, 2.75) is 11.8 Å². The van der Waals surface area contributed by atoms with Crippen LogP contribution >= 0.6 is 0 Å². The van der Waals surface area contributed by atoms with E-state index in [-0.39, 0.29) is 5.56 Å². The number of alkyl halides is 3. The molecule has 0 saturated heterocycles. The number of nitrogens with zero attached hydrogens (tertiary/aromatic N) is 2. The lowest BCUT2D eigenvalue weighted by atomic mass is 9.92. The smallest absolute Gasteiger partial charge is 0.377 e. The first kappa shape index (κ1) is 15.0. The molecule has 1 aliphatic heterocycles. The summed E-state index contributed by atoms with van der Waals surface area (Å²) in [4.78, 5) is 3.35. The second-order valence-corrected chi connectivity index (χ2v) is 5.95. The molecule has 0 radical (unpaired) electrons. The highest BCUT2D eigenvalue weighted by Crippen LogP contribution is 2.51. The number of benzene rings is 2. The van der Waals surface area contributed by atoms with Crippen LogP contribution in [0.1, 0.15) is 5.56 Å². The summed E-state index contributed by atoms with van der Waals surface area (Å²) >= 11 is 0. The largest absolute Gasteiger partial charge is 0.423 e. The molecule has 0 bridgehead atoms. The summed E-state index contributed by atoms with van der Waals surface area (Å²) in [5, 5.41) is 11.8. The van der Waals surface area contributed by atoms with Gasteiger partial charge in [-0.1, -0.05) is 24.3 Å². The van der Waals surface area contributed by atoms with E-state index in [2.05, 4.69) is 0 Å². The highest BCUT2D eigenvalue weighted by molar-refractivity contribution is 6.06. The third kappa shape index (κ3) is 1.86. The number of anilines is 2. The van der Waals surface area contributed by atoms with Gasteiger partial charge >= 0.3 is 6.18 Å². The Morgan fingerprint density at radius 2 is 1.86 bits per heavy atom. The van der Waals surface area contributed by atoms with E-state index in [1.165, 1.54) is 11.0 Å². The Morgan fingerprint density at radius 3 is 2.45 bits per heavy atom. The zero-order valence-corrected chi connectivity index (χ0v) is 12.6. The number of likely N-dealkylation sites (N-methyl/N-ethyl adjacent to an activating group) is 1. The molecular formula is C16H17F3N2O. The molecule has 6 heteroatoms. The summed E-state index contributed by atoms with van der Waals surface area (Å²) in [6, 6.07) is 8.61. The number of fused-ring (bicyclic) bond motifs is 3. The Labute approximate surface area is 126 Å². The monoisotopic (exact) mass is 310 g/mol. The fourth-order valence-corrected chi connectivity index (χ4v) is 3.19. The minimum Gasteiger partial charge on any atom is -0.377 e. The number of halogens is 3. The highest BCUT2D eigenvalue weighted by atomic mass is 19.4. The fourth-order valence-electron chi connectivity index (χ4n) is 3.19. The molecule has 0 amide bonds. The molecule has 118 valence electrons. The van der Waals surface area contributed by atoms with Crippen molar-refractivity contribution < 1.29 is 18.3 Å². The summed E-state index contributed by atoms with van der Waals surface area (Å²) in [6.45, 7) is -0.493. The van der Waals surface area contributed by atoms with Crippen molar-refractivity contribution in [3.8, 4) is 0 Å². The van der Waals surface area contributed by atoms with E-state index in [0.717, 1.165) is 16.5 Å². The maximum absolute atomic E-state index is 13.4. The van der Waals surface area contributed by atoms with Crippen LogP contribution in [0, 0.1) is 0 Å². The number of hydrogen-bond donors (Lipinski definition) is 1. The van der Waals surface area contributed by atoms with Gasteiger partial charge in [0.15, 0.2) is 0 Å². The quantitative estimate of drug-likeness (QED) is 0.877. The molecule has 2 aromatic rings. The van der Waals surface area contributed by atoms with E-state index >= 15 is 0 Å². The summed E-state index contributed by atoms with van der Waals surface area (Å²) in [7, 11) is 5.27. The van der Waals surface area contributed by atoms with Crippen LogP contribution in [-0.2, 0) is 5.60 Å². The number of aliphatic hydroxyl groups is 1. The molecule has 0 spiro atoms. The average molecular weight is 310 g/mol. The molecule has 0 aliphatic carbocycles. The molecule has 2 aromatic carbocycles. The van der Waals surface area contributed by atoms with Crippen molar-refractivity contribution in [1.82, 2.24) is 0 Å². The Kier molecular flexibility index (Phi) is 3.08. The first-order chi connectivity index (χ1) is 10.2. The van der Waals surface area contributed by atoms with Crippen molar-refractivity contribution in [3.05, 3.63) is 35.9 Å². The molecule has 3 nitrogen and oxygen atoms in total. The molecule has 3 rings (SSSR count). The van der Waals surface area contributed by atoms with Crippen molar-refractivity contribution in [1.29, 1.82) is 0 Å². The number of β-amino-alcohol motifs (C(OH)–C–C–N with tert-alkyl or cyclic N) is 1. The maximum atomic E-state index is 13.4. The summed E-state index contributed by atoms with van der Waals surface area (Å²) in [5.41, 5.74) is -1.64. The Balaban J connectivity index is 2.39. The third-order valence-corrected chi connectivity index (χ3v) is 4.24. The molecular weight excluding hydrogens is 293 g/mol. The van der Waals surface area contributed by atoms with Gasteiger partial charge in [0.25, 0.3) is 0 Å². The molecule has 1 atom stereocenters. The van der Waals surface area contributed by atoms with Gasteiger partial charge in [-0.15, -0.1) is 0 Å². The minimum absolute atomic E-state index is 0.0794. The summed E-state index contributed by atoms with van der Waals surface area (Å²) in [6.07, 6.45) is -4.72. The first-order valence-electron chi connectivity index (χ1n) is 6.90. The van der Waals surface area contributed by atoms with Gasteiger partial charge in [-0.25, -0.2) is 0 Å². The molecule has 1 aliphatic rings. The van der Waals surface area contributed by atoms with Crippen LogP contribution in [0.2, 0.25) is 0 Å². The third-order valence-electron chi connectivity index (χ3n) is 4.24. The van der Waals surface area contributed by atoms with Gasteiger partial charge in [0.2, 0.25) is 5.60 Å². The van der Waals surface area contributed by atoms with Crippen LogP contribution in [0.5, 0.6) is 0 Å². The van der Waals surface area contributed by atoms with Crippen molar-refractivity contribution in [2.75, 3.05) is 37.5 Å². The van der Waals surface area contributed by atoms with Crippen molar-refractivity contribution in [2.24, 2.45) is 0 Å². The summed E-state index contributed by atoms with van der Waals surface area (Å²) < 4.78 is 40.1. The molecule has 0 fully saturated rings. The molecule has 1 N–H and O–H groups in total. The van der Waals surface area contributed by atoms with Crippen molar-refractivity contribution >= 4 is 22.1 Å². The minimum atomic E-state index is -4.72. The Bertz CT molecular complexity index is 742. The van der Waals surface area contributed by atoms with Gasteiger partial charge in [-0.2, -0.15) is 13.2 Å². The Hall–Kier alpha value is -1.95. The first-order valence-corrected chi connectivity index (χ1v) is 6.90. The second-order valence-electron chi connectivity index (χ2n) is 5.95. The van der Waals surface area contributed by atoms with E-state index in [9.17, 15) is 18.3 Å². The van der Waals surface area contributed by atoms with Crippen LogP contribution in [0.25, 0.3) is 10.8 Å². The zero-order chi connectivity index (χ0) is 16.3. The topological polar surface area (TPSA) is 26.7 Å². The second kappa shape index (κ2) is 4.52. The van der Waals surface area contributed by atoms with Gasteiger partial charge < -0.3 is 14.9 Å². The Morgan fingerprint density at radius 1 is 1.18 bits per heavy atom. The maximum Gasteiger partial charge on any atom is 0.423 e. The average Bonchev–Trinajstić information content (AvgIpc) is 2.70. The molecule has 0 unspecified atom stereocenters.